The van der Waals surface area contributed by atoms with Gasteiger partial charge in [-0.25, -0.2) is 0 Å². The fourth-order valence-corrected chi connectivity index (χ4v) is 2.51. The molecule has 0 aliphatic carbocycles. The van der Waals surface area contributed by atoms with Crippen molar-refractivity contribution in [1.29, 1.82) is 0 Å². The zero-order valence-electron chi connectivity index (χ0n) is 11.6. The average Bonchev–Trinajstić information content (AvgIpc) is 2.34. The van der Waals surface area contributed by atoms with Crippen LogP contribution in [-0.2, 0) is 6.42 Å². The molecule has 0 atom stereocenters. The van der Waals surface area contributed by atoms with Crippen LogP contribution in [0, 0.1) is 20.8 Å². The van der Waals surface area contributed by atoms with Crippen LogP contribution in [0.5, 0.6) is 0 Å². The quantitative estimate of drug-likeness (QED) is 0.834. The van der Waals surface area contributed by atoms with Gasteiger partial charge in [-0.2, -0.15) is 0 Å². The maximum absolute atomic E-state index is 5.54. The molecule has 0 fully saturated rings. The first-order valence-corrected chi connectivity index (χ1v) is 6.70. The van der Waals surface area contributed by atoms with Crippen LogP contribution in [0.1, 0.15) is 35.2 Å². The van der Waals surface area contributed by atoms with Gasteiger partial charge in [0.2, 0.25) is 0 Å². The van der Waals surface area contributed by atoms with Crippen LogP contribution < -0.4 is 5.73 Å². The van der Waals surface area contributed by atoms with Crippen molar-refractivity contribution in [3.63, 3.8) is 0 Å². The van der Waals surface area contributed by atoms with E-state index in [4.69, 9.17) is 10.7 Å². The molecule has 2 rings (SSSR count). The molecule has 0 saturated carbocycles. The molecule has 0 aliphatic heterocycles. The van der Waals surface area contributed by atoms with Crippen LogP contribution in [0.25, 0.3) is 10.9 Å². The lowest BCUT2D eigenvalue weighted by molar-refractivity contribution is 0.734. The first-order valence-electron chi connectivity index (χ1n) is 6.70. The Hall–Kier alpha value is -1.41. The second-order valence-electron chi connectivity index (χ2n) is 5.10. The van der Waals surface area contributed by atoms with Crippen molar-refractivity contribution in [3.8, 4) is 0 Å². The van der Waals surface area contributed by atoms with Crippen molar-refractivity contribution in [3.05, 3.63) is 40.6 Å². The molecule has 2 heteroatoms. The zero-order chi connectivity index (χ0) is 13.1. The maximum Gasteiger partial charge on any atom is 0.0739 e. The van der Waals surface area contributed by atoms with E-state index in [9.17, 15) is 0 Å². The van der Waals surface area contributed by atoms with Crippen LogP contribution in [-0.4, -0.2) is 11.5 Å². The first kappa shape index (κ1) is 13.0. The van der Waals surface area contributed by atoms with Gasteiger partial charge in [0.25, 0.3) is 0 Å². The minimum Gasteiger partial charge on any atom is -0.330 e. The van der Waals surface area contributed by atoms with Gasteiger partial charge in [0, 0.05) is 11.1 Å². The molecule has 1 aromatic carbocycles. The van der Waals surface area contributed by atoms with Crippen LogP contribution in [0.15, 0.2) is 18.2 Å². The van der Waals surface area contributed by atoms with E-state index >= 15 is 0 Å². The molecule has 96 valence electrons. The van der Waals surface area contributed by atoms with Crippen LogP contribution >= 0.6 is 0 Å². The third-order valence-corrected chi connectivity index (χ3v) is 3.51. The number of hydrogen-bond donors (Lipinski definition) is 1. The average molecular weight is 242 g/mol. The normalized spacial score (nSPS) is 11.1. The smallest absolute Gasteiger partial charge is 0.0739 e. The summed E-state index contributed by atoms with van der Waals surface area (Å²) in [5, 5.41) is 1.32. The summed E-state index contributed by atoms with van der Waals surface area (Å²) in [5.41, 5.74) is 11.8. The Balaban J connectivity index is 2.45. The molecule has 0 radical (unpaired) electrons. The van der Waals surface area contributed by atoms with Gasteiger partial charge < -0.3 is 5.73 Å². The van der Waals surface area contributed by atoms with Crippen LogP contribution in [0.3, 0.4) is 0 Å². The van der Waals surface area contributed by atoms with Gasteiger partial charge in [-0.15, -0.1) is 0 Å². The lowest BCUT2D eigenvalue weighted by Crippen LogP contribution is -2.01. The number of aromatic nitrogens is 1. The number of nitrogens with two attached hydrogens (primary N) is 1. The number of pyridine rings is 1. The summed E-state index contributed by atoms with van der Waals surface area (Å²) in [6.07, 6.45) is 3.23. The summed E-state index contributed by atoms with van der Waals surface area (Å²) in [6, 6.07) is 6.57. The highest BCUT2D eigenvalue weighted by atomic mass is 14.7. The van der Waals surface area contributed by atoms with Gasteiger partial charge in [-0.05, 0) is 69.3 Å². The number of benzene rings is 1. The number of hydrogen-bond acceptors (Lipinski definition) is 2. The van der Waals surface area contributed by atoms with Gasteiger partial charge in [0.05, 0.1) is 5.52 Å². The minimum absolute atomic E-state index is 0.769. The van der Waals surface area contributed by atoms with Gasteiger partial charge >= 0.3 is 0 Å². The lowest BCUT2D eigenvalue weighted by Gasteiger charge is -2.11. The van der Waals surface area contributed by atoms with Crippen LogP contribution in [0.2, 0.25) is 0 Å². The Morgan fingerprint density at radius 2 is 1.72 bits per heavy atom. The second-order valence-corrected chi connectivity index (χ2v) is 5.10. The molecular weight excluding hydrogens is 220 g/mol. The van der Waals surface area contributed by atoms with Crippen molar-refractivity contribution >= 4 is 10.9 Å². The second kappa shape index (κ2) is 5.49. The highest BCUT2D eigenvalue weighted by Crippen LogP contribution is 2.25. The summed E-state index contributed by atoms with van der Waals surface area (Å²) < 4.78 is 0. The first-order chi connectivity index (χ1) is 8.63. The SMILES string of the molecule is Cc1ccc(C)c2c(C)cc(CCCCN)nc12. The monoisotopic (exact) mass is 242 g/mol. The molecule has 2 nitrogen and oxygen atoms in total. The van der Waals surface area contributed by atoms with Crippen LogP contribution in [0.4, 0.5) is 0 Å². The molecule has 0 saturated heterocycles. The molecule has 18 heavy (non-hydrogen) atoms. The number of unbranched alkanes of at least 4 members (excludes halogenated alkanes) is 1. The van der Waals surface area contributed by atoms with E-state index in [1.807, 2.05) is 0 Å². The summed E-state index contributed by atoms with van der Waals surface area (Å²) in [5.74, 6) is 0. The Labute approximate surface area is 109 Å². The van der Waals surface area contributed by atoms with Gasteiger partial charge in [0.15, 0.2) is 0 Å². The van der Waals surface area contributed by atoms with E-state index in [1.54, 1.807) is 0 Å². The molecule has 0 amide bonds. The molecular formula is C16H22N2. The largest absolute Gasteiger partial charge is 0.330 e. The highest BCUT2D eigenvalue weighted by molar-refractivity contribution is 5.88. The van der Waals surface area contributed by atoms with E-state index < -0.39 is 0 Å². The highest BCUT2D eigenvalue weighted by Gasteiger charge is 2.07. The standard InChI is InChI=1S/C16H22N2/c1-11-7-8-12(2)16-15(11)13(3)10-14(18-16)6-4-5-9-17/h7-8,10H,4-6,9,17H2,1-3H3. The third-order valence-electron chi connectivity index (χ3n) is 3.51. The van der Waals surface area contributed by atoms with Crippen molar-refractivity contribution in [2.24, 2.45) is 5.73 Å². The van der Waals surface area contributed by atoms with Crippen molar-refractivity contribution in [2.45, 2.75) is 40.0 Å². The fourth-order valence-electron chi connectivity index (χ4n) is 2.51. The molecule has 0 bridgehead atoms. The van der Waals surface area contributed by atoms with Gasteiger partial charge in [-0.3, -0.25) is 4.98 Å². The number of nitrogens with zero attached hydrogens (tertiary/aromatic N) is 1. The van der Waals surface area contributed by atoms with E-state index in [2.05, 4.69) is 39.0 Å². The minimum atomic E-state index is 0.769. The summed E-state index contributed by atoms with van der Waals surface area (Å²) in [4.78, 5) is 4.83. The predicted octanol–water partition coefficient (Wildman–Crippen LogP) is 3.44. The topological polar surface area (TPSA) is 38.9 Å². The van der Waals surface area contributed by atoms with E-state index in [-0.39, 0.29) is 0 Å². The van der Waals surface area contributed by atoms with Gasteiger partial charge in [-0.1, -0.05) is 12.1 Å². The predicted molar refractivity (Wildman–Crippen MR) is 77.9 cm³/mol. The third kappa shape index (κ3) is 2.54. The maximum atomic E-state index is 5.54. The molecule has 0 aliphatic rings. The molecule has 0 spiro atoms. The van der Waals surface area contributed by atoms with E-state index in [0.717, 1.165) is 31.3 Å². The molecule has 0 unspecified atom stereocenters. The summed E-state index contributed by atoms with van der Waals surface area (Å²) in [7, 11) is 0. The number of rotatable bonds is 4. The fraction of sp³-hybridized carbons (Fsp3) is 0.438. The van der Waals surface area contributed by atoms with Crippen molar-refractivity contribution in [1.82, 2.24) is 4.98 Å². The molecule has 1 aromatic heterocycles. The Morgan fingerprint density at radius 1 is 1.00 bits per heavy atom. The molecule has 2 aromatic rings. The van der Waals surface area contributed by atoms with E-state index in [1.165, 1.54) is 27.8 Å². The van der Waals surface area contributed by atoms with Gasteiger partial charge in [0.1, 0.15) is 0 Å². The molecule has 2 N–H and O–H groups in total. The summed E-state index contributed by atoms with van der Waals surface area (Å²) in [6.45, 7) is 7.25. The molecule has 1 heterocycles. The van der Waals surface area contributed by atoms with E-state index in [0.29, 0.717) is 0 Å². The number of aryl methyl sites for hydroxylation is 4. The number of fused-ring (bicyclic) bond motifs is 1. The lowest BCUT2D eigenvalue weighted by atomic mass is 10.00. The summed E-state index contributed by atoms with van der Waals surface area (Å²) >= 11 is 0. The van der Waals surface area contributed by atoms with Crippen molar-refractivity contribution in [2.75, 3.05) is 6.54 Å². The Morgan fingerprint density at radius 3 is 2.44 bits per heavy atom. The Kier molecular flexibility index (Phi) is 3.97. The zero-order valence-corrected chi connectivity index (χ0v) is 11.6. The Bertz CT molecular complexity index is 559. The van der Waals surface area contributed by atoms with Crippen molar-refractivity contribution < 1.29 is 0 Å².